The SMILES string of the molecule is C=CCC(C#CC(=C)C)N1CCCCC1. The summed E-state index contributed by atoms with van der Waals surface area (Å²) in [7, 11) is 0. The van der Waals surface area contributed by atoms with Crippen molar-refractivity contribution in [3.63, 3.8) is 0 Å². The average Bonchev–Trinajstić information content (AvgIpc) is 2.25. The van der Waals surface area contributed by atoms with E-state index in [0.717, 1.165) is 12.0 Å². The first kappa shape index (κ1) is 12.1. The first-order valence-corrected chi connectivity index (χ1v) is 5.76. The number of hydrogen-bond donors (Lipinski definition) is 0. The fourth-order valence-corrected chi connectivity index (χ4v) is 1.89. The van der Waals surface area contributed by atoms with Gasteiger partial charge in [0.05, 0.1) is 6.04 Å². The highest BCUT2D eigenvalue weighted by molar-refractivity contribution is 5.26. The molecular weight excluding hydrogens is 182 g/mol. The summed E-state index contributed by atoms with van der Waals surface area (Å²) in [5.74, 6) is 6.39. The van der Waals surface area contributed by atoms with Gasteiger partial charge in [-0.3, -0.25) is 4.90 Å². The Morgan fingerprint density at radius 2 is 2.07 bits per heavy atom. The molecule has 1 saturated heterocycles. The van der Waals surface area contributed by atoms with Crippen LogP contribution in [-0.4, -0.2) is 24.0 Å². The monoisotopic (exact) mass is 203 g/mol. The molecule has 1 heteroatoms. The predicted octanol–water partition coefficient (Wildman–Crippen LogP) is 3.00. The Morgan fingerprint density at radius 3 is 2.60 bits per heavy atom. The van der Waals surface area contributed by atoms with Gasteiger partial charge in [-0.25, -0.2) is 0 Å². The van der Waals surface area contributed by atoms with Gasteiger partial charge in [0.1, 0.15) is 0 Å². The lowest BCUT2D eigenvalue weighted by Crippen LogP contribution is -2.38. The third-order valence-corrected chi connectivity index (χ3v) is 2.67. The van der Waals surface area contributed by atoms with Crippen molar-refractivity contribution in [2.75, 3.05) is 13.1 Å². The number of likely N-dealkylation sites (tertiary alicyclic amines) is 1. The highest BCUT2D eigenvalue weighted by Gasteiger charge is 2.17. The van der Waals surface area contributed by atoms with Crippen molar-refractivity contribution < 1.29 is 0 Å². The summed E-state index contributed by atoms with van der Waals surface area (Å²) >= 11 is 0. The Labute approximate surface area is 93.9 Å². The lowest BCUT2D eigenvalue weighted by molar-refractivity contribution is 0.197. The summed E-state index contributed by atoms with van der Waals surface area (Å²) in [4.78, 5) is 2.47. The average molecular weight is 203 g/mol. The minimum atomic E-state index is 0.347. The van der Waals surface area contributed by atoms with Crippen LogP contribution >= 0.6 is 0 Å². The zero-order chi connectivity index (χ0) is 11.1. The van der Waals surface area contributed by atoms with Crippen LogP contribution in [0.25, 0.3) is 0 Å². The first-order chi connectivity index (χ1) is 7.24. The van der Waals surface area contributed by atoms with Gasteiger partial charge in [-0.15, -0.1) is 6.58 Å². The maximum Gasteiger partial charge on any atom is 0.0752 e. The van der Waals surface area contributed by atoms with Crippen LogP contribution in [0.3, 0.4) is 0 Å². The third-order valence-electron chi connectivity index (χ3n) is 2.67. The van der Waals surface area contributed by atoms with Crippen LogP contribution in [0.5, 0.6) is 0 Å². The summed E-state index contributed by atoms with van der Waals surface area (Å²) in [5, 5.41) is 0. The minimum Gasteiger partial charge on any atom is -0.290 e. The topological polar surface area (TPSA) is 3.24 Å². The summed E-state index contributed by atoms with van der Waals surface area (Å²) in [6.45, 7) is 11.9. The second-order valence-electron chi connectivity index (χ2n) is 4.19. The van der Waals surface area contributed by atoms with E-state index in [4.69, 9.17) is 0 Å². The normalized spacial score (nSPS) is 18.7. The van der Waals surface area contributed by atoms with Gasteiger partial charge in [0, 0.05) is 0 Å². The smallest absolute Gasteiger partial charge is 0.0752 e. The van der Waals surface area contributed by atoms with Crippen LogP contribution in [0.1, 0.15) is 32.6 Å². The third kappa shape index (κ3) is 4.36. The molecule has 82 valence electrons. The highest BCUT2D eigenvalue weighted by Crippen LogP contribution is 2.14. The van der Waals surface area contributed by atoms with Gasteiger partial charge in [-0.1, -0.05) is 30.9 Å². The molecule has 1 aliphatic heterocycles. The Hall–Kier alpha value is -1.00. The number of allylic oxidation sites excluding steroid dienone is 1. The predicted molar refractivity (Wildman–Crippen MR) is 66.6 cm³/mol. The van der Waals surface area contributed by atoms with Gasteiger partial charge in [0.25, 0.3) is 0 Å². The van der Waals surface area contributed by atoms with Crippen molar-refractivity contribution in [2.24, 2.45) is 0 Å². The fraction of sp³-hybridized carbons (Fsp3) is 0.571. The minimum absolute atomic E-state index is 0.347. The van der Waals surface area contributed by atoms with E-state index < -0.39 is 0 Å². The summed E-state index contributed by atoms with van der Waals surface area (Å²) in [6.07, 6.45) is 6.91. The number of hydrogen-bond acceptors (Lipinski definition) is 1. The van der Waals surface area contributed by atoms with Crippen molar-refractivity contribution in [3.8, 4) is 11.8 Å². The summed E-state index contributed by atoms with van der Waals surface area (Å²) in [5.41, 5.74) is 0.945. The molecule has 0 aromatic carbocycles. The van der Waals surface area contributed by atoms with Gasteiger partial charge >= 0.3 is 0 Å². The number of piperidine rings is 1. The van der Waals surface area contributed by atoms with E-state index in [2.05, 4.69) is 29.9 Å². The largest absolute Gasteiger partial charge is 0.290 e. The van der Waals surface area contributed by atoms with E-state index in [1.54, 1.807) is 0 Å². The molecule has 1 rings (SSSR count). The van der Waals surface area contributed by atoms with Crippen LogP contribution in [0.2, 0.25) is 0 Å². The maximum absolute atomic E-state index is 3.81. The first-order valence-electron chi connectivity index (χ1n) is 5.76. The summed E-state index contributed by atoms with van der Waals surface area (Å²) in [6, 6.07) is 0.347. The molecule has 0 radical (unpaired) electrons. The van der Waals surface area contributed by atoms with Gasteiger partial charge in [0.2, 0.25) is 0 Å². The maximum atomic E-state index is 3.81. The Morgan fingerprint density at radius 1 is 1.40 bits per heavy atom. The standard InChI is InChI=1S/C14H21N/c1-4-8-14(10-9-13(2)3)15-11-6-5-7-12-15/h4,14H,1-2,5-8,11-12H2,3H3. The quantitative estimate of drug-likeness (QED) is 0.503. The Kier molecular flexibility index (Phi) is 5.21. The number of nitrogens with zero attached hydrogens (tertiary/aromatic N) is 1. The van der Waals surface area contributed by atoms with Crippen LogP contribution in [0.4, 0.5) is 0 Å². The molecule has 1 heterocycles. The van der Waals surface area contributed by atoms with Gasteiger partial charge < -0.3 is 0 Å². The van der Waals surface area contributed by atoms with E-state index in [9.17, 15) is 0 Å². The van der Waals surface area contributed by atoms with Crippen molar-refractivity contribution in [2.45, 2.75) is 38.6 Å². The van der Waals surface area contributed by atoms with Crippen molar-refractivity contribution in [1.82, 2.24) is 4.90 Å². The zero-order valence-corrected chi connectivity index (χ0v) is 9.76. The fourth-order valence-electron chi connectivity index (χ4n) is 1.89. The van der Waals surface area contributed by atoms with E-state index in [0.29, 0.717) is 6.04 Å². The van der Waals surface area contributed by atoms with E-state index >= 15 is 0 Å². The molecular formula is C14H21N. The molecule has 15 heavy (non-hydrogen) atoms. The zero-order valence-electron chi connectivity index (χ0n) is 9.76. The van der Waals surface area contributed by atoms with Crippen molar-refractivity contribution in [3.05, 3.63) is 24.8 Å². The molecule has 0 aromatic heterocycles. The molecule has 1 unspecified atom stereocenters. The van der Waals surface area contributed by atoms with E-state index in [-0.39, 0.29) is 0 Å². The van der Waals surface area contributed by atoms with Crippen LogP contribution < -0.4 is 0 Å². The molecule has 1 fully saturated rings. The van der Waals surface area contributed by atoms with Crippen molar-refractivity contribution in [1.29, 1.82) is 0 Å². The molecule has 0 aromatic rings. The van der Waals surface area contributed by atoms with Crippen LogP contribution in [0.15, 0.2) is 24.8 Å². The molecule has 0 saturated carbocycles. The van der Waals surface area contributed by atoms with E-state index in [1.807, 2.05) is 13.0 Å². The van der Waals surface area contributed by atoms with E-state index in [1.165, 1.54) is 32.4 Å². The second kappa shape index (κ2) is 6.48. The lowest BCUT2D eigenvalue weighted by atomic mass is 10.1. The molecule has 1 aliphatic rings. The second-order valence-corrected chi connectivity index (χ2v) is 4.19. The molecule has 0 spiro atoms. The lowest BCUT2D eigenvalue weighted by Gasteiger charge is -2.31. The van der Waals surface area contributed by atoms with Gasteiger partial charge in [-0.2, -0.15) is 0 Å². The van der Waals surface area contributed by atoms with Crippen molar-refractivity contribution >= 4 is 0 Å². The van der Waals surface area contributed by atoms with Crippen LogP contribution in [-0.2, 0) is 0 Å². The van der Waals surface area contributed by atoms with Crippen LogP contribution in [0, 0.1) is 11.8 Å². The summed E-state index contributed by atoms with van der Waals surface area (Å²) < 4.78 is 0. The molecule has 1 nitrogen and oxygen atoms in total. The highest BCUT2D eigenvalue weighted by atomic mass is 15.1. The Balaban J connectivity index is 2.59. The molecule has 0 N–H and O–H groups in total. The Bertz CT molecular complexity index is 273. The van der Waals surface area contributed by atoms with Gasteiger partial charge in [-0.05, 0) is 44.8 Å². The molecule has 0 bridgehead atoms. The molecule has 0 amide bonds. The molecule has 1 atom stereocenters. The molecule has 0 aliphatic carbocycles. The number of rotatable bonds is 3. The van der Waals surface area contributed by atoms with Gasteiger partial charge in [0.15, 0.2) is 0 Å².